The molecule has 0 aromatic heterocycles. The van der Waals surface area contributed by atoms with Gasteiger partial charge in [0.25, 0.3) is 0 Å². The van der Waals surface area contributed by atoms with E-state index in [9.17, 15) is 5.11 Å². The first kappa shape index (κ1) is 13.8. The van der Waals surface area contributed by atoms with Crippen molar-refractivity contribution in [1.82, 2.24) is 10.2 Å². The Balaban J connectivity index is 1.53. The minimum Gasteiger partial charge on any atom is -0.394 e. The molecule has 0 aromatic carbocycles. The number of hydrogen-bond acceptors (Lipinski definition) is 3. The van der Waals surface area contributed by atoms with Crippen LogP contribution in [0.15, 0.2) is 0 Å². The molecule has 0 heterocycles. The third-order valence-electron chi connectivity index (χ3n) is 6.45. The smallest absolute Gasteiger partial charge is 0.0613 e. The number of nitrogens with zero attached hydrogens (tertiary/aromatic N) is 1. The summed E-state index contributed by atoms with van der Waals surface area (Å²) in [5.41, 5.74) is -0.00634. The number of likely N-dealkylation sites (N-methyl/N-ethyl adjacent to an activating group) is 1. The Kier molecular flexibility index (Phi) is 3.89. The van der Waals surface area contributed by atoms with E-state index in [-0.39, 0.29) is 12.1 Å². The molecule has 3 heteroatoms. The van der Waals surface area contributed by atoms with Gasteiger partial charge >= 0.3 is 0 Å². The van der Waals surface area contributed by atoms with Gasteiger partial charge in [-0.05, 0) is 70.4 Å². The highest BCUT2D eigenvalue weighted by molar-refractivity contribution is 4.99. The Bertz CT molecular complexity index is 316. The molecule has 19 heavy (non-hydrogen) atoms. The first-order chi connectivity index (χ1) is 9.15. The molecular formula is C16H30N2O. The second-order valence-electron chi connectivity index (χ2n) is 7.46. The zero-order valence-corrected chi connectivity index (χ0v) is 12.6. The number of aliphatic hydroxyl groups excluding tert-OH is 1. The summed E-state index contributed by atoms with van der Waals surface area (Å²) in [6.07, 6.45) is 9.45. The van der Waals surface area contributed by atoms with E-state index < -0.39 is 0 Å². The van der Waals surface area contributed by atoms with Gasteiger partial charge in [-0.2, -0.15) is 0 Å². The van der Waals surface area contributed by atoms with Gasteiger partial charge in [0.05, 0.1) is 6.61 Å². The molecule has 0 saturated heterocycles. The number of nitrogens with one attached hydrogen (secondary N) is 1. The molecule has 0 aromatic rings. The largest absolute Gasteiger partial charge is 0.394 e. The fourth-order valence-electron chi connectivity index (χ4n) is 5.04. The normalized spacial score (nSPS) is 45.5. The standard InChI is InChI=1S/C16H30N2O/c1-17-16(11-19)6-5-15(9-16)18(2)10-14-8-12-3-4-13(14)7-12/h12-15,17,19H,3-11H2,1-2H3. The molecule has 3 fully saturated rings. The van der Waals surface area contributed by atoms with E-state index in [4.69, 9.17) is 0 Å². The van der Waals surface area contributed by atoms with Gasteiger partial charge < -0.3 is 15.3 Å². The van der Waals surface area contributed by atoms with Crippen molar-refractivity contribution < 1.29 is 5.11 Å². The molecule has 110 valence electrons. The predicted octanol–water partition coefficient (Wildman–Crippen LogP) is 1.86. The average Bonchev–Trinajstić information content (AvgIpc) is 3.13. The molecule has 3 rings (SSSR count). The van der Waals surface area contributed by atoms with Gasteiger partial charge in [0, 0.05) is 18.1 Å². The predicted molar refractivity (Wildman–Crippen MR) is 78.1 cm³/mol. The molecule has 0 spiro atoms. The summed E-state index contributed by atoms with van der Waals surface area (Å²) >= 11 is 0. The molecule has 2 N–H and O–H groups in total. The molecule has 5 atom stereocenters. The molecule has 0 aliphatic heterocycles. The maximum atomic E-state index is 9.61. The van der Waals surface area contributed by atoms with Crippen molar-refractivity contribution in [2.75, 3.05) is 27.2 Å². The summed E-state index contributed by atoms with van der Waals surface area (Å²) in [5, 5.41) is 13.0. The van der Waals surface area contributed by atoms with Crippen molar-refractivity contribution in [3.8, 4) is 0 Å². The van der Waals surface area contributed by atoms with E-state index in [1.807, 2.05) is 7.05 Å². The molecule has 5 unspecified atom stereocenters. The van der Waals surface area contributed by atoms with Crippen LogP contribution in [0.2, 0.25) is 0 Å². The lowest BCUT2D eigenvalue weighted by Crippen LogP contribution is -2.46. The number of rotatable bonds is 5. The summed E-state index contributed by atoms with van der Waals surface area (Å²) in [6, 6.07) is 0.665. The van der Waals surface area contributed by atoms with E-state index in [1.165, 1.54) is 38.6 Å². The van der Waals surface area contributed by atoms with Crippen molar-refractivity contribution in [3.63, 3.8) is 0 Å². The van der Waals surface area contributed by atoms with Gasteiger partial charge in [-0.25, -0.2) is 0 Å². The average molecular weight is 266 g/mol. The van der Waals surface area contributed by atoms with Crippen molar-refractivity contribution in [2.45, 2.75) is 56.5 Å². The molecule has 3 aliphatic rings. The molecule has 2 bridgehead atoms. The lowest BCUT2D eigenvalue weighted by atomic mass is 9.88. The maximum Gasteiger partial charge on any atom is 0.0613 e. The fourth-order valence-corrected chi connectivity index (χ4v) is 5.04. The van der Waals surface area contributed by atoms with Gasteiger partial charge in [0.15, 0.2) is 0 Å². The second-order valence-corrected chi connectivity index (χ2v) is 7.46. The molecule has 0 radical (unpaired) electrons. The first-order valence-electron chi connectivity index (χ1n) is 8.16. The zero-order valence-electron chi connectivity index (χ0n) is 12.6. The van der Waals surface area contributed by atoms with Crippen LogP contribution < -0.4 is 5.32 Å². The highest BCUT2D eigenvalue weighted by Gasteiger charge is 2.42. The first-order valence-corrected chi connectivity index (χ1v) is 8.16. The third kappa shape index (κ3) is 2.57. The van der Waals surface area contributed by atoms with Crippen LogP contribution in [-0.2, 0) is 0 Å². The SMILES string of the molecule is CNC1(CO)CCC(N(C)CC2CC3CCC2C3)C1. The van der Waals surface area contributed by atoms with Crippen LogP contribution in [0.1, 0.15) is 44.9 Å². The van der Waals surface area contributed by atoms with E-state index in [0.717, 1.165) is 30.6 Å². The lowest BCUT2D eigenvalue weighted by molar-refractivity contribution is 0.142. The van der Waals surface area contributed by atoms with Crippen LogP contribution in [0, 0.1) is 17.8 Å². The van der Waals surface area contributed by atoms with Crippen LogP contribution in [0.3, 0.4) is 0 Å². The van der Waals surface area contributed by atoms with Crippen molar-refractivity contribution in [3.05, 3.63) is 0 Å². The van der Waals surface area contributed by atoms with Gasteiger partial charge in [-0.15, -0.1) is 0 Å². The summed E-state index contributed by atoms with van der Waals surface area (Å²) in [6.45, 7) is 1.57. The Hall–Kier alpha value is -0.120. The highest BCUT2D eigenvalue weighted by atomic mass is 16.3. The van der Waals surface area contributed by atoms with Gasteiger partial charge in [-0.1, -0.05) is 6.42 Å². The highest BCUT2D eigenvalue weighted by Crippen LogP contribution is 2.48. The molecular weight excluding hydrogens is 236 g/mol. The Morgan fingerprint density at radius 2 is 2.11 bits per heavy atom. The van der Waals surface area contributed by atoms with Crippen LogP contribution >= 0.6 is 0 Å². The monoisotopic (exact) mass is 266 g/mol. The zero-order chi connectivity index (χ0) is 13.5. The number of fused-ring (bicyclic) bond motifs is 2. The number of hydrogen-bond donors (Lipinski definition) is 2. The minimum atomic E-state index is -0.00634. The summed E-state index contributed by atoms with van der Waals surface area (Å²) in [7, 11) is 4.30. The molecule has 0 amide bonds. The van der Waals surface area contributed by atoms with Gasteiger partial charge in [-0.3, -0.25) is 0 Å². The minimum absolute atomic E-state index is 0.00634. The van der Waals surface area contributed by atoms with Crippen molar-refractivity contribution in [2.24, 2.45) is 17.8 Å². The van der Waals surface area contributed by atoms with Crippen LogP contribution in [0.5, 0.6) is 0 Å². The fraction of sp³-hybridized carbons (Fsp3) is 1.00. The van der Waals surface area contributed by atoms with Crippen LogP contribution in [0.25, 0.3) is 0 Å². The van der Waals surface area contributed by atoms with E-state index in [0.29, 0.717) is 6.04 Å². The van der Waals surface area contributed by atoms with E-state index >= 15 is 0 Å². The van der Waals surface area contributed by atoms with Crippen LogP contribution in [0.4, 0.5) is 0 Å². The number of aliphatic hydroxyl groups is 1. The van der Waals surface area contributed by atoms with Crippen LogP contribution in [-0.4, -0.2) is 48.8 Å². The van der Waals surface area contributed by atoms with Gasteiger partial charge in [0.2, 0.25) is 0 Å². The Labute approximate surface area is 117 Å². The van der Waals surface area contributed by atoms with E-state index in [1.54, 1.807) is 0 Å². The molecule has 3 aliphatic carbocycles. The quantitative estimate of drug-likeness (QED) is 0.797. The summed E-state index contributed by atoms with van der Waals surface area (Å²) < 4.78 is 0. The van der Waals surface area contributed by atoms with Gasteiger partial charge in [0.1, 0.15) is 0 Å². The Morgan fingerprint density at radius 3 is 2.63 bits per heavy atom. The molecule has 3 nitrogen and oxygen atoms in total. The topological polar surface area (TPSA) is 35.5 Å². The summed E-state index contributed by atoms with van der Waals surface area (Å²) in [5.74, 6) is 3.05. The van der Waals surface area contributed by atoms with Crippen molar-refractivity contribution in [1.29, 1.82) is 0 Å². The molecule has 3 saturated carbocycles. The lowest BCUT2D eigenvalue weighted by Gasteiger charge is -2.33. The van der Waals surface area contributed by atoms with Crippen molar-refractivity contribution >= 4 is 0 Å². The summed E-state index contributed by atoms with van der Waals surface area (Å²) in [4.78, 5) is 2.60. The third-order valence-corrected chi connectivity index (χ3v) is 6.45. The Morgan fingerprint density at radius 1 is 1.26 bits per heavy atom. The second kappa shape index (κ2) is 5.34. The maximum absolute atomic E-state index is 9.61. The van der Waals surface area contributed by atoms with E-state index in [2.05, 4.69) is 17.3 Å².